The van der Waals surface area contributed by atoms with Crippen molar-refractivity contribution in [1.82, 2.24) is 0 Å². The third-order valence-electron chi connectivity index (χ3n) is 3.31. The molecule has 1 saturated heterocycles. The van der Waals surface area contributed by atoms with Crippen molar-refractivity contribution in [1.29, 1.82) is 0 Å². The molecule has 0 saturated carbocycles. The number of fused-ring (bicyclic) bond motifs is 1. The zero-order valence-corrected chi connectivity index (χ0v) is 12.0. The van der Waals surface area contributed by atoms with Gasteiger partial charge >= 0.3 is 0 Å². The van der Waals surface area contributed by atoms with Gasteiger partial charge in [0.2, 0.25) is 6.79 Å². The Balaban J connectivity index is 1.93. The van der Waals surface area contributed by atoms with Crippen molar-refractivity contribution in [3.8, 4) is 11.5 Å². The molecule has 2 heterocycles. The van der Waals surface area contributed by atoms with Gasteiger partial charge in [-0.3, -0.25) is 0 Å². The summed E-state index contributed by atoms with van der Waals surface area (Å²) in [5, 5.41) is 0.569. The Morgan fingerprint density at radius 3 is 2.58 bits per heavy atom. The van der Waals surface area contributed by atoms with Crippen molar-refractivity contribution in [2.45, 2.75) is 45.2 Å². The summed E-state index contributed by atoms with van der Waals surface area (Å²) in [7, 11) is 0. The topological polar surface area (TPSA) is 36.9 Å². The van der Waals surface area contributed by atoms with E-state index in [0.29, 0.717) is 16.5 Å². The highest BCUT2D eigenvalue weighted by Crippen LogP contribution is 2.43. The van der Waals surface area contributed by atoms with Crippen LogP contribution in [0.3, 0.4) is 0 Å². The van der Waals surface area contributed by atoms with E-state index in [0.717, 1.165) is 12.0 Å². The molecule has 1 fully saturated rings. The van der Waals surface area contributed by atoms with Gasteiger partial charge in [0, 0.05) is 18.1 Å². The number of hydrogen-bond acceptors (Lipinski definition) is 4. The smallest absolute Gasteiger partial charge is 0.231 e. The molecule has 2 atom stereocenters. The summed E-state index contributed by atoms with van der Waals surface area (Å²) in [4.78, 5) is 0. The Bertz CT molecular complexity index is 500. The fourth-order valence-corrected chi connectivity index (χ4v) is 2.81. The van der Waals surface area contributed by atoms with Gasteiger partial charge in [-0.15, -0.1) is 0 Å². The quantitative estimate of drug-likeness (QED) is 0.788. The van der Waals surface area contributed by atoms with Gasteiger partial charge in [-0.25, -0.2) is 0 Å². The molecule has 0 N–H and O–H groups in total. The first-order chi connectivity index (χ1) is 8.94. The van der Waals surface area contributed by atoms with Crippen LogP contribution in [-0.2, 0) is 9.47 Å². The summed E-state index contributed by atoms with van der Waals surface area (Å²) in [6.45, 7) is 6.38. The second-order valence-corrected chi connectivity index (χ2v) is 5.99. The van der Waals surface area contributed by atoms with Gasteiger partial charge in [0.25, 0.3) is 0 Å². The van der Waals surface area contributed by atoms with Crippen LogP contribution in [0.4, 0.5) is 0 Å². The summed E-state index contributed by atoms with van der Waals surface area (Å²) in [5.74, 6) is 1.35. The van der Waals surface area contributed by atoms with Crippen LogP contribution in [0.1, 0.15) is 39.0 Å². The van der Waals surface area contributed by atoms with Gasteiger partial charge < -0.3 is 18.9 Å². The van der Waals surface area contributed by atoms with Gasteiger partial charge in [0.1, 0.15) is 0 Å². The normalized spacial score (nSPS) is 28.4. The van der Waals surface area contributed by atoms with Crippen molar-refractivity contribution in [2.24, 2.45) is 0 Å². The molecule has 19 heavy (non-hydrogen) atoms. The van der Waals surface area contributed by atoms with Crippen LogP contribution in [0.15, 0.2) is 12.1 Å². The summed E-state index contributed by atoms with van der Waals surface area (Å²) in [5.41, 5.74) is 0.549. The first-order valence-electron chi connectivity index (χ1n) is 6.37. The van der Waals surface area contributed by atoms with E-state index in [-0.39, 0.29) is 18.5 Å². The molecule has 2 aliphatic heterocycles. The molecular formula is C14H17ClO4. The van der Waals surface area contributed by atoms with Crippen LogP contribution in [0.2, 0.25) is 5.02 Å². The predicted octanol–water partition coefficient (Wildman–Crippen LogP) is 3.67. The second kappa shape index (κ2) is 4.54. The zero-order valence-electron chi connectivity index (χ0n) is 11.2. The summed E-state index contributed by atoms with van der Waals surface area (Å²) < 4.78 is 22.5. The lowest BCUT2D eigenvalue weighted by atomic mass is 9.99. The average Bonchev–Trinajstić information content (AvgIpc) is 2.71. The van der Waals surface area contributed by atoms with E-state index < -0.39 is 6.29 Å². The van der Waals surface area contributed by atoms with Gasteiger partial charge in [0.05, 0.1) is 16.7 Å². The molecule has 2 aliphatic rings. The van der Waals surface area contributed by atoms with Crippen molar-refractivity contribution < 1.29 is 18.9 Å². The number of benzene rings is 1. The van der Waals surface area contributed by atoms with Crippen LogP contribution in [-0.4, -0.2) is 18.5 Å². The molecule has 0 radical (unpaired) electrons. The molecule has 0 unspecified atom stereocenters. The van der Waals surface area contributed by atoms with Gasteiger partial charge in [-0.05, 0) is 26.8 Å². The largest absolute Gasteiger partial charge is 0.454 e. The third kappa shape index (κ3) is 2.53. The molecule has 0 aliphatic carbocycles. The van der Waals surface area contributed by atoms with Crippen LogP contribution in [0.5, 0.6) is 11.5 Å². The highest BCUT2D eigenvalue weighted by Gasteiger charge is 2.35. The third-order valence-corrected chi connectivity index (χ3v) is 3.63. The Morgan fingerprint density at radius 2 is 1.89 bits per heavy atom. The molecule has 5 heteroatoms. The molecule has 0 aromatic heterocycles. The highest BCUT2D eigenvalue weighted by molar-refractivity contribution is 6.31. The van der Waals surface area contributed by atoms with Crippen LogP contribution in [0.25, 0.3) is 0 Å². The van der Waals surface area contributed by atoms with Crippen LogP contribution in [0, 0.1) is 0 Å². The lowest BCUT2D eigenvalue weighted by Crippen LogP contribution is -2.39. The molecule has 1 aromatic carbocycles. The number of hydrogen-bond donors (Lipinski definition) is 0. The highest BCUT2D eigenvalue weighted by atomic mass is 35.5. The van der Waals surface area contributed by atoms with Crippen molar-refractivity contribution >= 4 is 11.6 Å². The molecule has 4 nitrogen and oxygen atoms in total. The standard InChI is InChI=1S/C14H17ClO4/c1-8-6-14(2,3)19-13(18-8)9-4-11-12(5-10(9)15)17-7-16-11/h4-5,8,13H,6-7H2,1-3H3/t8-,13-/m1/s1. The molecule has 3 rings (SSSR count). The maximum Gasteiger partial charge on any atom is 0.231 e. The lowest BCUT2D eigenvalue weighted by Gasteiger charge is -2.39. The van der Waals surface area contributed by atoms with Crippen LogP contribution >= 0.6 is 11.6 Å². The second-order valence-electron chi connectivity index (χ2n) is 5.59. The molecular weight excluding hydrogens is 268 g/mol. The molecule has 104 valence electrons. The summed E-state index contributed by atoms with van der Waals surface area (Å²) >= 11 is 6.29. The monoisotopic (exact) mass is 284 g/mol. The van der Waals surface area contributed by atoms with E-state index in [4.69, 9.17) is 30.5 Å². The number of ether oxygens (including phenoxy) is 4. The predicted molar refractivity (Wildman–Crippen MR) is 70.6 cm³/mol. The van der Waals surface area contributed by atoms with Gasteiger partial charge in [-0.2, -0.15) is 0 Å². The maximum atomic E-state index is 6.29. The van der Waals surface area contributed by atoms with Crippen LogP contribution < -0.4 is 9.47 Å². The van der Waals surface area contributed by atoms with E-state index in [9.17, 15) is 0 Å². The van der Waals surface area contributed by atoms with Gasteiger partial charge in [0.15, 0.2) is 17.8 Å². The summed E-state index contributed by atoms with van der Waals surface area (Å²) in [6, 6.07) is 3.58. The molecule has 0 spiro atoms. The Labute approximate surface area is 117 Å². The van der Waals surface area contributed by atoms with E-state index >= 15 is 0 Å². The Hall–Kier alpha value is -0.970. The maximum absolute atomic E-state index is 6.29. The molecule has 0 amide bonds. The SMILES string of the molecule is C[C@@H]1CC(C)(C)O[C@H](c2cc3c(cc2Cl)OCO3)O1. The zero-order chi connectivity index (χ0) is 13.6. The number of rotatable bonds is 1. The minimum atomic E-state index is -0.472. The number of halogens is 1. The summed E-state index contributed by atoms with van der Waals surface area (Å²) in [6.07, 6.45) is 0.502. The lowest BCUT2D eigenvalue weighted by molar-refractivity contribution is -0.273. The van der Waals surface area contributed by atoms with E-state index in [2.05, 4.69) is 13.8 Å². The van der Waals surface area contributed by atoms with Crippen molar-refractivity contribution in [3.05, 3.63) is 22.7 Å². The Kier molecular flexibility index (Phi) is 3.12. The Morgan fingerprint density at radius 1 is 1.21 bits per heavy atom. The fraction of sp³-hybridized carbons (Fsp3) is 0.571. The molecule has 0 bridgehead atoms. The van der Waals surface area contributed by atoms with E-state index in [1.165, 1.54) is 0 Å². The fourth-order valence-electron chi connectivity index (χ4n) is 2.57. The van der Waals surface area contributed by atoms with E-state index in [1.807, 2.05) is 13.0 Å². The van der Waals surface area contributed by atoms with Crippen molar-refractivity contribution in [3.63, 3.8) is 0 Å². The first-order valence-corrected chi connectivity index (χ1v) is 6.75. The minimum absolute atomic E-state index is 0.121. The van der Waals surface area contributed by atoms with Crippen molar-refractivity contribution in [2.75, 3.05) is 6.79 Å². The average molecular weight is 285 g/mol. The first kappa shape index (κ1) is 13.0. The minimum Gasteiger partial charge on any atom is -0.454 e. The van der Waals surface area contributed by atoms with E-state index in [1.54, 1.807) is 6.07 Å². The van der Waals surface area contributed by atoms with Gasteiger partial charge in [-0.1, -0.05) is 11.6 Å². The molecule has 1 aromatic rings.